The summed E-state index contributed by atoms with van der Waals surface area (Å²) in [5, 5.41) is 15.0. The summed E-state index contributed by atoms with van der Waals surface area (Å²) in [6.45, 7) is 1.96. The van der Waals surface area contributed by atoms with Gasteiger partial charge >= 0.3 is 0 Å². The third kappa shape index (κ3) is 4.29. The number of fused-ring (bicyclic) bond motifs is 1. The van der Waals surface area contributed by atoms with Crippen molar-refractivity contribution in [2.75, 3.05) is 11.1 Å². The van der Waals surface area contributed by atoms with Crippen LogP contribution in [0.1, 0.15) is 29.9 Å². The van der Waals surface area contributed by atoms with Gasteiger partial charge in [-0.25, -0.2) is 0 Å². The quantitative estimate of drug-likeness (QED) is 0.282. The summed E-state index contributed by atoms with van der Waals surface area (Å²) in [4.78, 5) is 12.6. The van der Waals surface area contributed by atoms with Crippen LogP contribution in [-0.4, -0.2) is 26.4 Å². The maximum absolute atomic E-state index is 12.6. The molecule has 4 aromatic rings. The van der Waals surface area contributed by atoms with Crippen molar-refractivity contribution in [3.05, 3.63) is 75.5 Å². The minimum absolute atomic E-state index is 0.152. The zero-order valence-electron chi connectivity index (χ0n) is 17.3. The molecule has 0 aliphatic heterocycles. The summed E-state index contributed by atoms with van der Waals surface area (Å²) in [6, 6.07) is 18.3. The Morgan fingerprint density at radius 3 is 2.69 bits per heavy atom. The van der Waals surface area contributed by atoms with Gasteiger partial charge in [0.1, 0.15) is 0 Å². The van der Waals surface area contributed by atoms with Crippen LogP contribution in [0.3, 0.4) is 0 Å². The van der Waals surface area contributed by atoms with Crippen molar-refractivity contribution in [3.8, 4) is 5.69 Å². The van der Waals surface area contributed by atoms with E-state index < -0.39 is 0 Å². The normalized spacial score (nSPS) is 13.5. The average Bonchev–Trinajstić information content (AvgIpc) is 3.56. The van der Waals surface area contributed by atoms with Crippen LogP contribution in [0.15, 0.2) is 64.5 Å². The van der Waals surface area contributed by atoms with E-state index in [0.717, 1.165) is 16.6 Å². The molecule has 0 saturated heterocycles. The molecule has 1 aliphatic carbocycles. The Morgan fingerprint density at radius 2 is 1.94 bits per heavy atom. The smallest absolute Gasteiger partial charge is 0.234 e. The Labute approximate surface area is 203 Å². The number of nitrogens with one attached hydrogen (secondary N) is 1. The van der Waals surface area contributed by atoms with E-state index in [1.807, 2.05) is 35.8 Å². The summed E-state index contributed by atoms with van der Waals surface area (Å²) in [5.41, 5.74) is 4.04. The summed E-state index contributed by atoms with van der Waals surface area (Å²) >= 11 is 11.1. The first-order valence-electron chi connectivity index (χ1n) is 10.3. The molecular formula is C24H20BrClN4OS. The van der Waals surface area contributed by atoms with Gasteiger partial charge in [0.05, 0.1) is 22.2 Å². The van der Waals surface area contributed by atoms with Crippen molar-refractivity contribution in [2.45, 2.75) is 30.8 Å². The zero-order chi connectivity index (χ0) is 22.2. The molecule has 0 bridgehead atoms. The van der Waals surface area contributed by atoms with Crippen LogP contribution in [0.2, 0.25) is 5.02 Å². The maximum Gasteiger partial charge on any atom is 0.234 e. The number of aryl methyl sites for hydroxylation is 1. The zero-order valence-corrected chi connectivity index (χ0v) is 20.5. The highest BCUT2D eigenvalue weighted by molar-refractivity contribution is 9.10. The summed E-state index contributed by atoms with van der Waals surface area (Å²) in [6.07, 6.45) is 2.50. The maximum atomic E-state index is 12.6. The van der Waals surface area contributed by atoms with Crippen molar-refractivity contribution < 1.29 is 4.79 Å². The lowest BCUT2D eigenvalue weighted by molar-refractivity contribution is -0.113. The fraction of sp³-hybridized carbons (Fsp3) is 0.208. The second kappa shape index (κ2) is 8.89. The van der Waals surface area contributed by atoms with E-state index in [1.165, 1.54) is 35.6 Å². The highest BCUT2D eigenvalue weighted by Gasteiger charge is 2.26. The highest BCUT2D eigenvalue weighted by Crippen LogP contribution is 2.44. The lowest BCUT2D eigenvalue weighted by Crippen LogP contribution is -2.15. The number of carbonyl (C=O) groups is 1. The number of amides is 1. The Balaban J connectivity index is 1.41. The number of anilines is 1. The molecule has 5 nitrogen and oxygen atoms in total. The Kier molecular flexibility index (Phi) is 5.97. The Bertz CT molecular complexity index is 1340. The molecule has 0 radical (unpaired) electrons. The number of benzene rings is 3. The molecule has 0 unspecified atom stereocenters. The number of halogens is 2. The van der Waals surface area contributed by atoms with Gasteiger partial charge in [-0.1, -0.05) is 59.8 Å². The minimum atomic E-state index is -0.152. The number of carbonyl (C=O) groups excluding carboxylic acids is 1. The van der Waals surface area contributed by atoms with E-state index in [0.29, 0.717) is 26.5 Å². The molecule has 5 rings (SSSR count). The molecule has 32 heavy (non-hydrogen) atoms. The molecule has 3 aromatic carbocycles. The van der Waals surface area contributed by atoms with E-state index in [1.54, 1.807) is 0 Å². The summed E-state index contributed by atoms with van der Waals surface area (Å²) < 4.78 is 2.56. The number of nitrogens with zero attached hydrogens (tertiary/aromatic N) is 3. The van der Waals surface area contributed by atoms with Gasteiger partial charge in [0.15, 0.2) is 5.16 Å². The van der Waals surface area contributed by atoms with Crippen LogP contribution in [0, 0.1) is 6.92 Å². The van der Waals surface area contributed by atoms with Gasteiger partial charge in [0, 0.05) is 5.39 Å². The number of aromatic nitrogens is 3. The van der Waals surface area contributed by atoms with Gasteiger partial charge < -0.3 is 5.32 Å². The number of hydrogen-bond donors (Lipinski definition) is 1. The lowest BCUT2D eigenvalue weighted by atomic mass is 9.99. The van der Waals surface area contributed by atoms with E-state index in [-0.39, 0.29) is 11.7 Å². The molecule has 1 fully saturated rings. The van der Waals surface area contributed by atoms with E-state index in [9.17, 15) is 4.79 Å². The molecule has 162 valence electrons. The molecule has 0 spiro atoms. The van der Waals surface area contributed by atoms with Crippen molar-refractivity contribution in [2.24, 2.45) is 0 Å². The highest BCUT2D eigenvalue weighted by atomic mass is 79.9. The minimum Gasteiger partial charge on any atom is -0.324 e. The second-order valence-electron chi connectivity index (χ2n) is 7.90. The lowest BCUT2D eigenvalue weighted by Gasteiger charge is -2.14. The average molecular weight is 528 g/mol. The van der Waals surface area contributed by atoms with Gasteiger partial charge in [0.25, 0.3) is 0 Å². The van der Waals surface area contributed by atoms with E-state index >= 15 is 0 Å². The standard InChI is InChI=1S/C24H20BrClN4OS/c1-14-6-10-20(19(26)12-14)27-22(31)13-32-24-29-28-23(25)30(24)21-11-9-16(15-7-8-15)17-4-2-3-5-18(17)21/h2-6,9-12,15H,7-8,13H2,1H3,(H,27,31). The van der Waals surface area contributed by atoms with Crippen LogP contribution in [0.4, 0.5) is 5.69 Å². The summed E-state index contributed by atoms with van der Waals surface area (Å²) in [7, 11) is 0. The van der Waals surface area contributed by atoms with E-state index in [4.69, 9.17) is 11.6 Å². The second-order valence-corrected chi connectivity index (χ2v) is 9.96. The van der Waals surface area contributed by atoms with Crippen LogP contribution in [0.5, 0.6) is 0 Å². The monoisotopic (exact) mass is 526 g/mol. The molecule has 0 atom stereocenters. The molecule has 1 N–H and O–H groups in total. The number of hydrogen-bond acceptors (Lipinski definition) is 4. The van der Waals surface area contributed by atoms with Crippen LogP contribution in [-0.2, 0) is 4.79 Å². The molecule has 8 heteroatoms. The molecule has 1 amide bonds. The van der Waals surface area contributed by atoms with Crippen LogP contribution in [0.25, 0.3) is 16.5 Å². The topological polar surface area (TPSA) is 59.8 Å². The molecule has 1 aliphatic rings. The Morgan fingerprint density at radius 1 is 1.16 bits per heavy atom. The van der Waals surface area contributed by atoms with Crippen molar-refractivity contribution in [1.82, 2.24) is 14.8 Å². The third-order valence-electron chi connectivity index (χ3n) is 5.52. The molecule has 1 heterocycles. The van der Waals surface area contributed by atoms with Gasteiger partial charge in [-0.05, 0) is 76.3 Å². The fourth-order valence-electron chi connectivity index (χ4n) is 3.84. The molecule has 1 aromatic heterocycles. The fourth-order valence-corrected chi connectivity index (χ4v) is 5.42. The van der Waals surface area contributed by atoms with Crippen LogP contribution >= 0.6 is 39.3 Å². The first-order valence-corrected chi connectivity index (χ1v) is 12.5. The van der Waals surface area contributed by atoms with Crippen molar-refractivity contribution >= 4 is 61.7 Å². The van der Waals surface area contributed by atoms with Gasteiger partial charge in [-0.3, -0.25) is 9.36 Å². The predicted octanol–water partition coefficient (Wildman–Crippen LogP) is 6.75. The third-order valence-corrected chi connectivity index (χ3v) is 7.27. The Hall–Kier alpha value is -2.35. The molecular weight excluding hydrogens is 508 g/mol. The van der Waals surface area contributed by atoms with Gasteiger partial charge in [-0.15, -0.1) is 10.2 Å². The number of rotatable bonds is 6. The summed E-state index contributed by atoms with van der Waals surface area (Å²) in [5.74, 6) is 0.692. The SMILES string of the molecule is Cc1ccc(NC(=O)CSc2nnc(Br)n2-c2ccc(C3CC3)c3ccccc23)c(Cl)c1. The predicted molar refractivity (Wildman–Crippen MR) is 134 cm³/mol. The first-order chi connectivity index (χ1) is 15.5. The van der Waals surface area contributed by atoms with E-state index in [2.05, 4.69) is 61.8 Å². The van der Waals surface area contributed by atoms with Crippen LogP contribution < -0.4 is 5.32 Å². The van der Waals surface area contributed by atoms with Gasteiger partial charge in [0.2, 0.25) is 10.6 Å². The van der Waals surface area contributed by atoms with Gasteiger partial charge in [-0.2, -0.15) is 0 Å². The molecule has 1 saturated carbocycles. The van der Waals surface area contributed by atoms with Crippen molar-refractivity contribution in [1.29, 1.82) is 0 Å². The first kappa shape index (κ1) is 21.5. The number of thioether (sulfide) groups is 1. The largest absolute Gasteiger partial charge is 0.324 e. The van der Waals surface area contributed by atoms with Crippen molar-refractivity contribution in [3.63, 3.8) is 0 Å².